The number of phenols is 2. The standard InChI is InChI=1S/C22H26N4O3.C19H21N3O3/c1-25-6-8-26(9-7-25)10-11-29-14-16-4-2-3-5-18(16)17-12-19-21(20(27)13-17)23-15-24-22(19)28;1-22(2)7-8-25-11-13-5-3-4-6-15(13)14-9-16-18(17(23)10-14)20-12-21-19(16)24/h2-5,12-13,15,27H,6-11,14H2,1H3,(H,23,24,28);3-6,9-10,12,23H,7-8,11H2,1-2H3,(H,20,21,24). The second kappa shape index (κ2) is 18.1. The number of phenolic OH excluding ortho intramolecular Hbond substituents is 2. The van der Waals surface area contributed by atoms with Crippen LogP contribution in [0.15, 0.2) is 95.0 Å². The fraction of sp³-hybridized carbons (Fsp3) is 0.317. The summed E-state index contributed by atoms with van der Waals surface area (Å²) in [6, 6.07) is 22.5. The van der Waals surface area contributed by atoms with E-state index in [4.69, 9.17) is 9.47 Å². The molecule has 1 aliphatic heterocycles. The molecule has 54 heavy (non-hydrogen) atoms. The fourth-order valence-electron chi connectivity index (χ4n) is 6.37. The van der Waals surface area contributed by atoms with E-state index in [2.05, 4.69) is 41.7 Å². The van der Waals surface area contributed by atoms with E-state index >= 15 is 0 Å². The van der Waals surface area contributed by atoms with Crippen molar-refractivity contribution in [3.63, 3.8) is 0 Å². The Balaban J connectivity index is 0.000000186. The smallest absolute Gasteiger partial charge is 0.258 e. The Hall–Kier alpha value is -5.44. The lowest BCUT2D eigenvalue weighted by molar-refractivity contribution is 0.0740. The van der Waals surface area contributed by atoms with Crippen molar-refractivity contribution >= 4 is 21.8 Å². The van der Waals surface area contributed by atoms with Crippen LogP contribution in [-0.2, 0) is 22.7 Å². The van der Waals surface area contributed by atoms with Crippen molar-refractivity contribution < 1.29 is 19.7 Å². The number of ether oxygens (including phenoxy) is 2. The summed E-state index contributed by atoms with van der Waals surface area (Å²) in [6.45, 7) is 8.37. The third-order valence-corrected chi connectivity index (χ3v) is 9.45. The number of aromatic amines is 2. The summed E-state index contributed by atoms with van der Waals surface area (Å²) in [5, 5.41) is 21.3. The van der Waals surface area contributed by atoms with E-state index in [0.717, 1.165) is 72.6 Å². The zero-order valence-electron chi connectivity index (χ0n) is 30.9. The lowest BCUT2D eigenvalue weighted by Crippen LogP contribution is -2.45. The average Bonchev–Trinajstić information content (AvgIpc) is 3.17. The van der Waals surface area contributed by atoms with Gasteiger partial charge in [0.25, 0.3) is 11.1 Å². The molecule has 0 radical (unpaired) electrons. The molecule has 3 heterocycles. The Kier molecular flexibility index (Phi) is 12.8. The Morgan fingerprint density at radius 2 is 1.19 bits per heavy atom. The number of hydrogen-bond donors (Lipinski definition) is 4. The molecule has 7 rings (SSSR count). The maximum absolute atomic E-state index is 12.1. The molecule has 1 aliphatic rings. The molecule has 0 atom stereocenters. The maximum Gasteiger partial charge on any atom is 0.258 e. The number of rotatable bonds is 12. The number of H-pyrrole nitrogens is 2. The summed E-state index contributed by atoms with van der Waals surface area (Å²) in [4.78, 5) is 44.2. The number of aromatic nitrogens is 4. The van der Waals surface area contributed by atoms with Gasteiger partial charge in [-0.3, -0.25) is 14.5 Å². The number of piperazine rings is 1. The number of aromatic hydroxyl groups is 2. The topological polar surface area (TPSA) is 160 Å². The number of benzene rings is 4. The Morgan fingerprint density at radius 1 is 0.704 bits per heavy atom. The first-order chi connectivity index (χ1) is 26.2. The van der Waals surface area contributed by atoms with E-state index < -0.39 is 0 Å². The highest BCUT2D eigenvalue weighted by molar-refractivity contribution is 5.90. The number of fused-ring (bicyclic) bond motifs is 2. The first-order valence-corrected chi connectivity index (χ1v) is 18.0. The lowest BCUT2D eigenvalue weighted by atomic mass is 9.98. The van der Waals surface area contributed by atoms with Crippen molar-refractivity contribution in [2.45, 2.75) is 13.2 Å². The Morgan fingerprint density at radius 3 is 1.69 bits per heavy atom. The van der Waals surface area contributed by atoms with Crippen LogP contribution in [0.2, 0.25) is 0 Å². The van der Waals surface area contributed by atoms with E-state index in [1.54, 1.807) is 24.3 Å². The highest BCUT2D eigenvalue weighted by Gasteiger charge is 2.15. The average molecular weight is 734 g/mol. The van der Waals surface area contributed by atoms with Gasteiger partial charge in [0.2, 0.25) is 0 Å². The van der Waals surface area contributed by atoms with Crippen LogP contribution >= 0.6 is 0 Å². The minimum Gasteiger partial charge on any atom is -0.506 e. The molecule has 6 aromatic rings. The van der Waals surface area contributed by atoms with Crippen molar-refractivity contribution in [2.24, 2.45) is 0 Å². The van der Waals surface area contributed by atoms with Crippen molar-refractivity contribution in [1.82, 2.24) is 34.6 Å². The van der Waals surface area contributed by atoms with Gasteiger partial charge < -0.3 is 39.5 Å². The maximum atomic E-state index is 12.1. The summed E-state index contributed by atoms with van der Waals surface area (Å²) in [5.74, 6) is -0.0173. The molecule has 0 aliphatic carbocycles. The van der Waals surface area contributed by atoms with Gasteiger partial charge in [-0.05, 0) is 78.8 Å². The normalized spacial score (nSPS) is 13.7. The third kappa shape index (κ3) is 9.56. The van der Waals surface area contributed by atoms with Crippen LogP contribution < -0.4 is 11.1 Å². The lowest BCUT2D eigenvalue weighted by Gasteiger charge is -2.32. The Labute approximate surface area is 313 Å². The van der Waals surface area contributed by atoms with E-state index in [1.807, 2.05) is 62.6 Å². The molecule has 0 bridgehead atoms. The summed E-state index contributed by atoms with van der Waals surface area (Å²) in [5.41, 5.74) is 5.47. The molecule has 13 heteroatoms. The van der Waals surface area contributed by atoms with Gasteiger partial charge in [0, 0.05) is 39.3 Å². The van der Waals surface area contributed by atoms with E-state index in [9.17, 15) is 19.8 Å². The van der Waals surface area contributed by atoms with Crippen molar-refractivity contribution in [3.8, 4) is 33.8 Å². The molecule has 2 aromatic heterocycles. The van der Waals surface area contributed by atoms with E-state index in [-0.39, 0.29) is 22.6 Å². The molecule has 0 saturated carbocycles. The SMILES string of the molecule is CN(C)CCOCc1ccccc1-c1cc(O)c2nc[nH]c(=O)c2c1.CN1CCN(CCOCc2ccccc2-c2cc(O)c3nc[nH]c(=O)c3c2)CC1. The molecule has 4 N–H and O–H groups in total. The van der Waals surface area contributed by atoms with Gasteiger partial charge in [-0.15, -0.1) is 0 Å². The predicted molar refractivity (Wildman–Crippen MR) is 211 cm³/mol. The molecule has 0 amide bonds. The van der Waals surface area contributed by atoms with Crippen LogP contribution in [0.25, 0.3) is 44.1 Å². The van der Waals surface area contributed by atoms with Crippen molar-refractivity contribution in [1.29, 1.82) is 0 Å². The quantitative estimate of drug-likeness (QED) is 0.132. The Bertz CT molecular complexity index is 2300. The molecule has 13 nitrogen and oxygen atoms in total. The number of nitrogens with zero attached hydrogens (tertiary/aromatic N) is 5. The summed E-state index contributed by atoms with van der Waals surface area (Å²) >= 11 is 0. The van der Waals surface area contributed by atoms with Crippen LogP contribution in [0.1, 0.15) is 11.1 Å². The van der Waals surface area contributed by atoms with Gasteiger partial charge >= 0.3 is 0 Å². The van der Waals surface area contributed by atoms with Gasteiger partial charge in [-0.2, -0.15) is 0 Å². The summed E-state index contributed by atoms with van der Waals surface area (Å²) < 4.78 is 11.7. The number of likely N-dealkylation sites (N-methyl/N-ethyl adjacent to an activating group) is 2. The molecule has 1 fully saturated rings. The summed E-state index contributed by atoms with van der Waals surface area (Å²) in [6.07, 6.45) is 2.59. The molecule has 1 saturated heterocycles. The van der Waals surface area contributed by atoms with Gasteiger partial charge in [0.05, 0.1) is 49.9 Å². The molecule has 4 aromatic carbocycles. The highest BCUT2D eigenvalue weighted by atomic mass is 16.5. The third-order valence-electron chi connectivity index (χ3n) is 9.45. The van der Waals surface area contributed by atoms with Crippen LogP contribution in [0, 0.1) is 0 Å². The molecule has 0 spiro atoms. The number of nitrogens with one attached hydrogen (secondary N) is 2. The van der Waals surface area contributed by atoms with Gasteiger partial charge in [-0.25, -0.2) is 9.97 Å². The van der Waals surface area contributed by atoms with Crippen LogP contribution in [0.4, 0.5) is 0 Å². The molecular weight excluding hydrogens is 686 g/mol. The molecule has 282 valence electrons. The monoisotopic (exact) mass is 733 g/mol. The van der Waals surface area contributed by atoms with Gasteiger partial charge in [0.15, 0.2) is 0 Å². The second-order valence-electron chi connectivity index (χ2n) is 13.6. The first-order valence-electron chi connectivity index (χ1n) is 18.0. The van der Waals surface area contributed by atoms with E-state index in [0.29, 0.717) is 48.2 Å². The van der Waals surface area contributed by atoms with Crippen molar-refractivity contribution in [3.05, 3.63) is 117 Å². The largest absolute Gasteiger partial charge is 0.506 e. The first kappa shape index (κ1) is 38.3. The predicted octanol–water partition coefficient (Wildman–Crippen LogP) is 4.43. The molecular formula is C41H47N7O6. The fourth-order valence-corrected chi connectivity index (χ4v) is 6.37. The minimum absolute atomic E-state index is 0.00520. The van der Waals surface area contributed by atoms with Crippen LogP contribution in [0.3, 0.4) is 0 Å². The minimum atomic E-state index is -0.276. The van der Waals surface area contributed by atoms with E-state index in [1.165, 1.54) is 12.7 Å². The zero-order chi connectivity index (χ0) is 38.0. The van der Waals surface area contributed by atoms with Gasteiger partial charge in [0.1, 0.15) is 22.5 Å². The zero-order valence-corrected chi connectivity index (χ0v) is 30.9. The van der Waals surface area contributed by atoms with Crippen molar-refractivity contribution in [2.75, 3.05) is 73.6 Å². The second-order valence-corrected chi connectivity index (χ2v) is 13.6. The van der Waals surface area contributed by atoms with Crippen LogP contribution in [0.5, 0.6) is 11.5 Å². The number of hydrogen-bond acceptors (Lipinski definition) is 11. The highest BCUT2D eigenvalue weighted by Crippen LogP contribution is 2.32. The summed E-state index contributed by atoms with van der Waals surface area (Å²) in [7, 11) is 6.15. The molecule has 0 unspecified atom stereocenters. The van der Waals surface area contributed by atoms with Gasteiger partial charge in [-0.1, -0.05) is 48.5 Å². The van der Waals surface area contributed by atoms with Crippen LogP contribution in [-0.4, -0.2) is 118 Å².